The third-order valence-corrected chi connectivity index (χ3v) is 2.95. The van der Waals surface area contributed by atoms with Crippen LogP contribution in [0.1, 0.15) is 46.5 Å². The van der Waals surface area contributed by atoms with Crippen molar-refractivity contribution >= 4 is 0 Å². The number of nitrogens with two attached hydrogens (primary N) is 1. The monoisotopic (exact) mass is 184 g/mol. The van der Waals surface area contributed by atoms with E-state index in [1.165, 1.54) is 19.3 Å². The van der Waals surface area contributed by atoms with Crippen molar-refractivity contribution in [2.75, 3.05) is 6.54 Å². The van der Waals surface area contributed by atoms with Gasteiger partial charge in [0, 0.05) is 11.6 Å². The van der Waals surface area contributed by atoms with Crippen LogP contribution in [0.4, 0.5) is 0 Å². The summed E-state index contributed by atoms with van der Waals surface area (Å²) in [5.41, 5.74) is 6.31. The summed E-state index contributed by atoms with van der Waals surface area (Å²) in [5.74, 6) is 0.693. The van der Waals surface area contributed by atoms with Crippen molar-refractivity contribution in [3.63, 3.8) is 0 Å². The molecule has 0 aromatic carbocycles. The summed E-state index contributed by atoms with van der Waals surface area (Å²) in [6, 6.07) is 0.531. The van der Waals surface area contributed by atoms with E-state index in [9.17, 15) is 0 Å². The van der Waals surface area contributed by atoms with Gasteiger partial charge in [0.2, 0.25) is 0 Å². The second-order valence-corrected chi connectivity index (χ2v) is 5.11. The Bertz CT molecular complexity index is 146. The van der Waals surface area contributed by atoms with E-state index < -0.39 is 0 Å². The molecule has 0 radical (unpaired) electrons. The lowest BCUT2D eigenvalue weighted by atomic mass is 9.81. The van der Waals surface area contributed by atoms with Gasteiger partial charge in [0.05, 0.1) is 0 Å². The summed E-state index contributed by atoms with van der Waals surface area (Å²) in [5, 5.41) is 3.54. The van der Waals surface area contributed by atoms with Crippen LogP contribution >= 0.6 is 0 Å². The SMILES string of the molecule is CC(C)CC(C)(N)C1CCCCN1. The van der Waals surface area contributed by atoms with Crippen LogP contribution in [-0.2, 0) is 0 Å². The van der Waals surface area contributed by atoms with E-state index in [4.69, 9.17) is 5.73 Å². The number of hydrogen-bond acceptors (Lipinski definition) is 2. The highest BCUT2D eigenvalue weighted by Gasteiger charge is 2.31. The topological polar surface area (TPSA) is 38.0 Å². The van der Waals surface area contributed by atoms with Crippen LogP contribution in [0.15, 0.2) is 0 Å². The van der Waals surface area contributed by atoms with Crippen molar-refractivity contribution in [2.24, 2.45) is 11.7 Å². The molecular formula is C11H24N2. The average Bonchev–Trinajstić information content (AvgIpc) is 2.04. The van der Waals surface area contributed by atoms with Gasteiger partial charge in [-0.1, -0.05) is 20.3 Å². The maximum absolute atomic E-state index is 6.33. The van der Waals surface area contributed by atoms with Crippen molar-refractivity contribution in [2.45, 2.75) is 58.0 Å². The van der Waals surface area contributed by atoms with E-state index in [2.05, 4.69) is 26.1 Å². The lowest BCUT2D eigenvalue weighted by Gasteiger charge is -2.38. The molecule has 0 aromatic heterocycles. The molecule has 2 unspecified atom stereocenters. The third kappa shape index (κ3) is 3.28. The molecule has 3 N–H and O–H groups in total. The molecular weight excluding hydrogens is 160 g/mol. The third-order valence-electron chi connectivity index (χ3n) is 2.95. The van der Waals surface area contributed by atoms with E-state index >= 15 is 0 Å². The van der Waals surface area contributed by atoms with Gasteiger partial charge in [0.15, 0.2) is 0 Å². The van der Waals surface area contributed by atoms with Crippen LogP contribution in [0, 0.1) is 5.92 Å². The molecule has 0 aliphatic carbocycles. The number of nitrogens with one attached hydrogen (secondary N) is 1. The number of piperidine rings is 1. The minimum atomic E-state index is -0.0193. The van der Waals surface area contributed by atoms with Gasteiger partial charge in [-0.25, -0.2) is 0 Å². The Balaban J connectivity index is 2.45. The smallest absolute Gasteiger partial charge is 0.0283 e. The van der Waals surface area contributed by atoms with Crippen molar-refractivity contribution in [3.05, 3.63) is 0 Å². The Morgan fingerprint density at radius 1 is 1.46 bits per heavy atom. The first kappa shape index (κ1) is 11.0. The Labute approximate surface area is 82.3 Å². The van der Waals surface area contributed by atoms with Crippen molar-refractivity contribution in [1.82, 2.24) is 5.32 Å². The lowest BCUT2D eigenvalue weighted by molar-refractivity contribution is 0.233. The summed E-state index contributed by atoms with van der Waals surface area (Å²) < 4.78 is 0. The van der Waals surface area contributed by atoms with Gasteiger partial charge in [-0.2, -0.15) is 0 Å². The molecule has 2 nitrogen and oxygen atoms in total. The molecule has 0 bridgehead atoms. The Hall–Kier alpha value is -0.0800. The molecule has 1 aliphatic heterocycles. The normalized spacial score (nSPS) is 28.8. The molecule has 0 saturated carbocycles. The fourth-order valence-electron chi connectivity index (χ4n) is 2.44. The van der Waals surface area contributed by atoms with E-state index in [0.29, 0.717) is 12.0 Å². The zero-order valence-corrected chi connectivity index (χ0v) is 9.27. The molecule has 13 heavy (non-hydrogen) atoms. The molecule has 1 rings (SSSR count). The highest BCUT2D eigenvalue weighted by atomic mass is 15.0. The molecule has 2 atom stereocenters. The Kier molecular flexibility index (Phi) is 3.74. The summed E-state index contributed by atoms with van der Waals surface area (Å²) >= 11 is 0. The predicted octanol–water partition coefficient (Wildman–Crippen LogP) is 1.89. The van der Waals surface area contributed by atoms with Gasteiger partial charge < -0.3 is 11.1 Å². The highest BCUT2D eigenvalue weighted by molar-refractivity contribution is 4.94. The van der Waals surface area contributed by atoms with Crippen LogP contribution in [0.3, 0.4) is 0 Å². The first-order valence-electron chi connectivity index (χ1n) is 5.54. The van der Waals surface area contributed by atoms with E-state index in [1.54, 1.807) is 0 Å². The zero-order chi connectivity index (χ0) is 9.90. The minimum absolute atomic E-state index is 0.0193. The first-order valence-corrected chi connectivity index (χ1v) is 5.54. The predicted molar refractivity (Wildman–Crippen MR) is 57.7 cm³/mol. The van der Waals surface area contributed by atoms with Crippen LogP contribution in [0.5, 0.6) is 0 Å². The summed E-state index contributed by atoms with van der Waals surface area (Å²) in [4.78, 5) is 0. The standard InChI is InChI=1S/C11H24N2/c1-9(2)8-11(3,12)10-6-4-5-7-13-10/h9-10,13H,4-8,12H2,1-3H3. The van der Waals surface area contributed by atoms with Gasteiger partial charge in [-0.3, -0.25) is 0 Å². The average molecular weight is 184 g/mol. The molecule has 2 heteroatoms. The van der Waals surface area contributed by atoms with Crippen molar-refractivity contribution in [3.8, 4) is 0 Å². The molecule has 0 aromatic rings. The van der Waals surface area contributed by atoms with E-state index in [1.807, 2.05) is 0 Å². The zero-order valence-electron chi connectivity index (χ0n) is 9.27. The fraction of sp³-hybridized carbons (Fsp3) is 1.00. The first-order chi connectivity index (χ1) is 6.02. The van der Waals surface area contributed by atoms with Gasteiger partial charge in [0.25, 0.3) is 0 Å². The molecule has 78 valence electrons. The molecule has 0 spiro atoms. The number of rotatable bonds is 3. The maximum atomic E-state index is 6.33. The number of hydrogen-bond donors (Lipinski definition) is 2. The highest BCUT2D eigenvalue weighted by Crippen LogP contribution is 2.23. The lowest BCUT2D eigenvalue weighted by Crippen LogP contribution is -2.57. The van der Waals surface area contributed by atoms with Crippen LogP contribution < -0.4 is 11.1 Å². The minimum Gasteiger partial charge on any atom is -0.324 e. The molecule has 0 amide bonds. The van der Waals surface area contributed by atoms with Gasteiger partial charge in [-0.05, 0) is 38.6 Å². The van der Waals surface area contributed by atoms with Crippen LogP contribution in [0.25, 0.3) is 0 Å². The molecule has 1 heterocycles. The summed E-state index contributed by atoms with van der Waals surface area (Å²) in [7, 11) is 0. The second-order valence-electron chi connectivity index (χ2n) is 5.11. The summed E-state index contributed by atoms with van der Waals surface area (Å²) in [6.07, 6.45) is 5.02. The molecule has 1 aliphatic rings. The van der Waals surface area contributed by atoms with Crippen LogP contribution in [0.2, 0.25) is 0 Å². The van der Waals surface area contributed by atoms with Gasteiger partial charge >= 0.3 is 0 Å². The van der Waals surface area contributed by atoms with Crippen molar-refractivity contribution in [1.29, 1.82) is 0 Å². The summed E-state index contributed by atoms with van der Waals surface area (Å²) in [6.45, 7) is 7.83. The quantitative estimate of drug-likeness (QED) is 0.703. The van der Waals surface area contributed by atoms with Crippen molar-refractivity contribution < 1.29 is 0 Å². The van der Waals surface area contributed by atoms with E-state index in [0.717, 1.165) is 13.0 Å². The Morgan fingerprint density at radius 3 is 2.62 bits per heavy atom. The molecule has 1 saturated heterocycles. The van der Waals surface area contributed by atoms with Gasteiger partial charge in [-0.15, -0.1) is 0 Å². The van der Waals surface area contributed by atoms with Crippen LogP contribution in [-0.4, -0.2) is 18.1 Å². The van der Waals surface area contributed by atoms with E-state index in [-0.39, 0.29) is 5.54 Å². The molecule has 1 fully saturated rings. The Morgan fingerprint density at radius 2 is 2.15 bits per heavy atom. The second kappa shape index (κ2) is 4.43. The maximum Gasteiger partial charge on any atom is 0.0283 e. The van der Waals surface area contributed by atoms with Gasteiger partial charge in [0.1, 0.15) is 0 Å². The fourth-order valence-corrected chi connectivity index (χ4v) is 2.44. The largest absolute Gasteiger partial charge is 0.324 e.